The van der Waals surface area contributed by atoms with Gasteiger partial charge in [-0.1, -0.05) is 18.2 Å². The Kier molecular flexibility index (Phi) is 2.83. The van der Waals surface area contributed by atoms with Gasteiger partial charge in [-0.15, -0.1) is 0 Å². The van der Waals surface area contributed by atoms with Gasteiger partial charge in [0.25, 0.3) is 0 Å². The number of phenolic OH excluding ortho intramolecular Hbond substituents is 1. The van der Waals surface area contributed by atoms with E-state index < -0.39 is 0 Å². The van der Waals surface area contributed by atoms with Gasteiger partial charge in [-0.2, -0.15) is 0 Å². The molecule has 3 aromatic rings. The van der Waals surface area contributed by atoms with E-state index in [2.05, 4.69) is 9.97 Å². The molecule has 0 bridgehead atoms. The van der Waals surface area contributed by atoms with Gasteiger partial charge in [0.05, 0.1) is 18.1 Å². The highest BCUT2D eigenvalue weighted by Gasteiger charge is 2.07. The summed E-state index contributed by atoms with van der Waals surface area (Å²) in [4.78, 5) is 7.75. The maximum atomic E-state index is 9.77. The van der Waals surface area contributed by atoms with Gasteiger partial charge in [-0.3, -0.25) is 0 Å². The SMILES string of the molecule is COc1ccc2nc(Cc3ccccc3O)[nH]c2c1. The summed E-state index contributed by atoms with van der Waals surface area (Å²) in [5.74, 6) is 1.91. The number of fused-ring (bicyclic) bond motifs is 1. The number of ether oxygens (including phenoxy) is 1. The van der Waals surface area contributed by atoms with Gasteiger partial charge in [-0.25, -0.2) is 4.98 Å². The number of nitrogens with one attached hydrogen (secondary N) is 1. The number of aromatic nitrogens is 2. The predicted molar refractivity (Wildman–Crippen MR) is 73.6 cm³/mol. The van der Waals surface area contributed by atoms with Crippen LogP contribution in [-0.4, -0.2) is 22.2 Å². The molecule has 0 saturated heterocycles. The minimum atomic E-state index is 0.292. The molecular weight excluding hydrogens is 240 g/mol. The number of methoxy groups -OCH3 is 1. The second kappa shape index (κ2) is 4.65. The summed E-state index contributed by atoms with van der Waals surface area (Å²) in [5, 5.41) is 9.77. The summed E-state index contributed by atoms with van der Waals surface area (Å²) in [7, 11) is 1.64. The number of para-hydroxylation sites is 1. The van der Waals surface area contributed by atoms with E-state index in [-0.39, 0.29) is 0 Å². The van der Waals surface area contributed by atoms with Crippen LogP contribution in [0, 0.1) is 0 Å². The first kappa shape index (κ1) is 11.6. The van der Waals surface area contributed by atoms with Crippen LogP contribution in [-0.2, 0) is 6.42 Å². The number of aromatic amines is 1. The minimum Gasteiger partial charge on any atom is -0.508 e. The van der Waals surface area contributed by atoms with E-state index in [1.807, 2.05) is 36.4 Å². The maximum absolute atomic E-state index is 9.77. The summed E-state index contributed by atoms with van der Waals surface area (Å²) in [6.07, 6.45) is 0.573. The van der Waals surface area contributed by atoms with E-state index in [0.29, 0.717) is 12.2 Å². The molecular formula is C15H14N2O2. The summed E-state index contributed by atoms with van der Waals surface area (Å²) in [5.41, 5.74) is 2.68. The van der Waals surface area contributed by atoms with Crippen LogP contribution in [0.2, 0.25) is 0 Å². The highest BCUT2D eigenvalue weighted by Crippen LogP contribution is 2.22. The highest BCUT2D eigenvalue weighted by atomic mass is 16.5. The fourth-order valence-electron chi connectivity index (χ4n) is 2.09. The molecule has 0 radical (unpaired) electrons. The molecule has 2 aromatic carbocycles. The number of hydrogen-bond donors (Lipinski definition) is 2. The molecule has 1 heterocycles. The Hall–Kier alpha value is -2.49. The van der Waals surface area contributed by atoms with Gasteiger partial charge < -0.3 is 14.8 Å². The van der Waals surface area contributed by atoms with Crippen molar-refractivity contribution >= 4 is 11.0 Å². The van der Waals surface area contributed by atoms with Crippen LogP contribution in [0.5, 0.6) is 11.5 Å². The zero-order chi connectivity index (χ0) is 13.2. The third kappa shape index (κ3) is 2.25. The zero-order valence-electron chi connectivity index (χ0n) is 10.6. The molecule has 1 aromatic heterocycles. The number of imidazole rings is 1. The quantitative estimate of drug-likeness (QED) is 0.755. The van der Waals surface area contributed by atoms with Crippen LogP contribution in [0.4, 0.5) is 0 Å². The summed E-state index contributed by atoms with van der Waals surface area (Å²) in [6.45, 7) is 0. The number of nitrogens with zero attached hydrogens (tertiary/aromatic N) is 1. The Morgan fingerprint density at radius 1 is 1.21 bits per heavy atom. The minimum absolute atomic E-state index is 0.292. The number of benzene rings is 2. The molecule has 4 nitrogen and oxygen atoms in total. The molecule has 0 aliphatic heterocycles. The molecule has 19 heavy (non-hydrogen) atoms. The lowest BCUT2D eigenvalue weighted by atomic mass is 10.1. The molecule has 0 unspecified atom stereocenters. The van der Waals surface area contributed by atoms with Crippen LogP contribution >= 0.6 is 0 Å². The molecule has 96 valence electrons. The number of phenols is 1. The Morgan fingerprint density at radius 2 is 2.05 bits per heavy atom. The smallest absolute Gasteiger partial charge is 0.121 e. The largest absolute Gasteiger partial charge is 0.508 e. The Labute approximate surface area is 110 Å². The highest BCUT2D eigenvalue weighted by molar-refractivity contribution is 5.76. The van der Waals surface area contributed by atoms with Crippen molar-refractivity contribution in [3.8, 4) is 11.5 Å². The molecule has 2 N–H and O–H groups in total. The molecule has 4 heteroatoms. The molecule has 0 atom stereocenters. The lowest BCUT2D eigenvalue weighted by molar-refractivity contribution is 0.415. The van der Waals surface area contributed by atoms with Crippen molar-refractivity contribution in [1.82, 2.24) is 9.97 Å². The molecule has 0 amide bonds. The van der Waals surface area contributed by atoms with Crippen LogP contribution in [0.3, 0.4) is 0 Å². The van der Waals surface area contributed by atoms with Gasteiger partial charge in [-0.05, 0) is 18.2 Å². The van der Waals surface area contributed by atoms with Crippen molar-refractivity contribution in [3.05, 3.63) is 53.9 Å². The predicted octanol–water partition coefficient (Wildman–Crippen LogP) is 2.87. The van der Waals surface area contributed by atoms with Gasteiger partial charge in [0.1, 0.15) is 17.3 Å². The van der Waals surface area contributed by atoms with E-state index >= 15 is 0 Å². The van der Waals surface area contributed by atoms with Gasteiger partial charge >= 0.3 is 0 Å². The molecule has 0 fully saturated rings. The van der Waals surface area contributed by atoms with Gasteiger partial charge in [0.2, 0.25) is 0 Å². The maximum Gasteiger partial charge on any atom is 0.121 e. The average Bonchev–Trinajstić information content (AvgIpc) is 2.82. The summed E-state index contributed by atoms with van der Waals surface area (Å²) < 4.78 is 5.18. The van der Waals surface area contributed by atoms with E-state index in [1.54, 1.807) is 13.2 Å². The summed E-state index contributed by atoms with van der Waals surface area (Å²) in [6, 6.07) is 13.0. The fraction of sp³-hybridized carbons (Fsp3) is 0.133. The first-order valence-corrected chi connectivity index (χ1v) is 6.06. The van der Waals surface area contributed by atoms with Gasteiger partial charge in [0, 0.05) is 18.1 Å². The fourth-order valence-corrected chi connectivity index (χ4v) is 2.09. The zero-order valence-corrected chi connectivity index (χ0v) is 10.6. The van der Waals surface area contributed by atoms with Crippen molar-refractivity contribution in [2.45, 2.75) is 6.42 Å². The first-order valence-electron chi connectivity index (χ1n) is 6.06. The van der Waals surface area contributed by atoms with Crippen molar-refractivity contribution < 1.29 is 9.84 Å². The standard InChI is InChI=1S/C15H14N2O2/c1-19-11-6-7-12-13(9-11)17-15(16-12)8-10-4-2-3-5-14(10)18/h2-7,9,18H,8H2,1H3,(H,16,17). The Morgan fingerprint density at radius 3 is 2.84 bits per heavy atom. The first-order chi connectivity index (χ1) is 9.26. The van der Waals surface area contributed by atoms with E-state index in [1.165, 1.54) is 0 Å². The number of rotatable bonds is 3. The number of H-pyrrole nitrogens is 1. The van der Waals surface area contributed by atoms with Crippen molar-refractivity contribution in [3.63, 3.8) is 0 Å². The Balaban J connectivity index is 1.95. The molecule has 0 spiro atoms. The van der Waals surface area contributed by atoms with E-state index in [0.717, 1.165) is 28.2 Å². The molecule has 3 rings (SSSR count). The van der Waals surface area contributed by atoms with Crippen molar-refractivity contribution in [2.75, 3.05) is 7.11 Å². The topological polar surface area (TPSA) is 58.1 Å². The molecule has 0 aliphatic rings. The third-order valence-corrected chi connectivity index (χ3v) is 3.09. The van der Waals surface area contributed by atoms with Crippen LogP contribution < -0.4 is 4.74 Å². The normalized spacial score (nSPS) is 10.8. The van der Waals surface area contributed by atoms with Crippen LogP contribution in [0.1, 0.15) is 11.4 Å². The average molecular weight is 254 g/mol. The van der Waals surface area contributed by atoms with Gasteiger partial charge in [0.15, 0.2) is 0 Å². The third-order valence-electron chi connectivity index (χ3n) is 3.09. The number of aromatic hydroxyl groups is 1. The molecule has 0 saturated carbocycles. The monoisotopic (exact) mass is 254 g/mol. The van der Waals surface area contributed by atoms with E-state index in [4.69, 9.17) is 4.74 Å². The second-order valence-corrected chi connectivity index (χ2v) is 4.37. The lowest BCUT2D eigenvalue weighted by Gasteiger charge is -2.00. The Bertz CT molecular complexity index is 719. The summed E-state index contributed by atoms with van der Waals surface area (Å²) >= 11 is 0. The van der Waals surface area contributed by atoms with Crippen molar-refractivity contribution in [1.29, 1.82) is 0 Å². The van der Waals surface area contributed by atoms with Crippen LogP contribution in [0.25, 0.3) is 11.0 Å². The van der Waals surface area contributed by atoms with Crippen molar-refractivity contribution in [2.24, 2.45) is 0 Å². The lowest BCUT2D eigenvalue weighted by Crippen LogP contribution is -1.90. The van der Waals surface area contributed by atoms with E-state index in [9.17, 15) is 5.11 Å². The van der Waals surface area contributed by atoms with Crippen LogP contribution in [0.15, 0.2) is 42.5 Å². The number of hydrogen-bond acceptors (Lipinski definition) is 3. The molecule has 0 aliphatic carbocycles. The second-order valence-electron chi connectivity index (χ2n) is 4.37.